The van der Waals surface area contributed by atoms with E-state index in [1.165, 1.54) is 30.5 Å². The standard InChI is InChI=1S/C16H10ClN3O3/c17-14-10(4-3-7-19-14)8-11(9-18)15(21)20-13-6-2-1-5-12(13)16(22)23/h1-8H,(H,20,21)(H,22,23). The molecule has 1 amide bonds. The molecule has 7 heteroatoms. The van der Waals surface area contributed by atoms with Crippen molar-refractivity contribution >= 4 is 35.2 Å². The number of carbonyl (C=O) groups is 2. The first-order valence-corrected chi connectivity index (χ1v) is 6.76. The molecule has 0 saturated carbocycles. The molecule has 1 heterocycles. The second-order valence-corrected chi connectivity index (χ2v) is 4.72. The third-order valence-corrected chi connectivity index (χ3v) is 3.17. The number of nitrogens with one attached hydrogen (secondary N) is 1. The van der Waals surface area contributed by atoms with Crippen LogP contribution in [0.4, 0.5) is 5.69 Å². The van der Waals surface area contributed by atoms with Crippen molar-refractivity contribution in [1.82, 2.24) is 4.98 Å². The van der Waals surface area contributed by atoms with Gasteiger partial charge in [0.1, 0.15) is 16.8 Å². The van der Waals surface area contributed by atoms with E-state index in [2.05, 4.69) is 10.3 Å². The minimum absolute atomic E-state index is 0.0717. The lowest BCUT2D eigenvalue weighted by Gasteiger charge is -2.07. The molecule has 1 aromatic carbocycles. The van der Waals surface area contributed by atoms with Gasteiger partial charge in [0.2, 0.25) is 0 Å². The molecule has 0 aliphatic rings. The lowest BCUT2D eigenvalue weighted by molar-refractivity contribution is -0.112. The number of aromatic carboxylic acids is 1. The number of carboxylic acids is 1. The number of pyridine rings is 1. The summed E-state index contributed by atoms with van der Waals surface area (Å²) in [4.78, 5) is 27.1. The van der Waals surface area contributed by atoms with Crippen LogP contribution in [-0.2, 0) is 4.79 Å². The van der Waals surface area contributed by atoms with Crippen molar-refractivity contribution in [3.63, 3.8) is 0 Å². The van der Waals surface area contributed by atoms with Gasteiger partial charge in [-0.1, -0.05) is 29.8 Å². The average Bonchev–Trinajstić information content (AvgIpc) is 2.54. The summed E-state index contributed by atoms with van der Waals surface area (Å²) in [5, 5.41) is 20.8. The summed E-state index contributed by atoms with van der Waals surface area (Å²) in [6.07, 6.45) is 2.77. The number of halogens is 1. The number of amides is 1. The molecule has 6 nitrogen and oxygen atoms in total. The van der Waals surface area contributed by atoms with Gasteiger partial charge >= 0.3 is 5.97 Å². The first-order chi connectivity index (χ1) is 11.0. The number of nitrogens with zero attached hydrogens (tertiary/aromatic N) is 2. The number of rotatable bonds is 4. The molecule has 0 radical (unpaired) electrons. The third-order valence-electron chi connectivity index (χ3n) is 2.86. The monoisotopic (exact) mass is 327 g/mol. The van der Waals surface area contributed by atoms with Crippen LogP contribution in [0.3, 0.4) is 0 Å². The number of benzene rings is 1. The van der Waals surface area contributed by atoms with Gasteiger partial charge in [0.05, 0.1) is 11.3 Å². The Bertz CT molecular complexity index is 840. The molecule has 0 bridgehead atoms. The van der Waals surface area contributed by atoms with E-state index in [1.807, 2.05) is 0 Å². The van der Waals surface area contributed by atoms with E-state index in [1.54, 1.807) is 24.3 Å². The highest BCUT2D eigenvalue weighted by atomic mass is 35.5. The molecule has 2 aromatic rings. The Labute approximate surface area is 136 Å². The van der Waals surface area contributed by atoms with Crippen LogP contribution in [-0.4, -0.2) is 22.0 Å². The maximum atomic E-state index is 12.2. The quantitative estimate of drug-likeness (QED) is 0.510. The largest absolute Gasteiger partial charge is 0.478 e. The lowest BCUT2D eigenvalue weighted by atomic mass is 10.1. The van der Waals surface area contributed by atoms with E-state index < -0.39 is 11.9 Å². The van der Waals surface area contributed by atoms with Crippen LogP contribution in [0.1, 0.15) is 15.9 Å². The van der Waals surface area contributed by atoms with E-state index in [0.29, 0.717) is 5.56 Å². The fourth-order valence-corrected chi connectivity index (χ4v) is 1.95. The van der Waals surface area contributed by atoms with Gasteiger partial charge in [-0.2, -0.15) is 5.26 Å². The van der Waals surface area contributed by atoms with Gasteiger partial charge in [-0.25, -0.2) is 9.78 Å². The van der Waals surface area contributed by atoms with Crippen molar-refractivity contribution in [1.29, 1.82) is 5.26 Å². The van der Waals surface area contributed by atoms with Gasteiger partial charge in [0.15, 0.2) is 0 Å². The number of carbonyl (C=O) groups excluding carboxylic acids is 1. The summed E-state index contributed by atoms with van der Waals surface area (Å²) < 4.78 is 0. The number of anilines is 1. The fourth-order valence-electron chi connectivity index (χ4n) is 1.78. The molecule has 0 aliphatic heterocycles. The summed E-state index contributed by atoms with van der Waals surface area (Å²) in [5.41, 5.74) is 0.216. The van der Waals surface area contributed by atoms with E-state index in [9.17, 15) is 9.59 Å². The highest BCUT2D eigenvalue weighted by Crippen LogP contribution is 2.18. The van der Waals surface area contributed by atoms with Crippen molar-refractivity contribution in [3.05, 3.63) is 64.4 Å². The van der Waals surface area contributed by atoms with Gasteiger partial charge in [0, 0.05) is 11.8 Å². The van der Waals surface area contributed by atoms with Gasteiger partial charge in [-0.05, 0) is 24.3 Å². The van der Waals surface area contributed by atoms with E-state index in [0.717, 1.165) is 0 Å². The molecule has 0 fully saturated rings. The summed E-state index contributed by atoms with van der Waals surface area (Å²) in [6.45, 7) is 0. The lowest BCUT2D eigenvalue weighted by Crippen LogP contribution is -2.16. The van der Waals surface area contributed by atoms with Crippen molar-refractivity contribution < 1.29 is 14.7 Å². The Hall–Kier alpha value is -3.17. The maximum absolute atomic E-state index is 12.2. The number of hydrogen-bond donors (Lipinski definition) is 2. The SMILES string of the molecule is N#CC(=Cc1cccnc1Cl)C(=O)Nc1ccccc1C(=O)O. The van der Waals surface area contributed by atoms with Crippen LogP contribution in [0.15, 0.2) is 48.2 Å². The predicted octanol–water partition coefficient (Wildman–Crippen LogP) is 2.98. The maximum Gasteiger partial charge on any atom is 0.337 e. The molecular formula is C16H10ClN3O3. The first kappa shape index (κ1) is 16.2. The minimum Gasteiger partial charge on any atom is -0.478 e. The molecule has 2 rings (SSSR count). The van der Waals surface area contributed by atoms with Crippen LogP contribution in [0.5, 0.6) is 0 Å². The molecule has 23 heavy (non-hydrogen) atoms. The Kier molecular flexibility index (Phi) is 5.07. The second kappa shape index (κ2) is 7.20. The van der Waals surface area contributed by atoms with Gasteiger partial charge < -0.3 is 10.4 Å². The predicted molar refractivity (Wildman–Crippen MR) is 84.9 cm³/mol. The molecule has 0 saturated heterocycles. The zero-order valence-corrected chi connectivity index (χ0v) is 12.4. The average molecular weight is 328 g/mol. The first-order valence-electron chi connectivity index (χ1n) is 6.39. The zero-order valence-electron chi connectivity index (χ0n) is 11.7. The Morgan fingerprint density at radius 1 is 1.26 bits per heavy atom. The van der Waals surface area contributed by atoms with Gasteiger partial charge in [-0.15, -0.1) is 0 Å². The van der Waals surface area contributed by atoms with Crippen LogP contribution in [0, 0.1) is 11.3 Å². The molecule has 114 valence electrons. The minimum atomic E-state index is -1.18. The van der Waals surface area contributed by atoms with Crippen molar-refractivity contribution in [2.24, 2.45) is 0 Å². The highest BCUT2D eigenvalue weighted by molar-refractivity contribution is 6.31. The number of nitriles is 1. The van der Waals surface area contributed by atoms with Crippen molar-refractivity contribution in [3.8, 4) is 6.07 Å². The van der Waals surface area contributed by atoms with Crippen LogP contribution in [0.25, 0.3) is 6.08 Å². The highest BCUT2D eigenvalue weighted by Gasteiger charge is 2.15. The number of aromatic nitrogens is 1. The number of carboxylic acid groups (broad SMARTS) is 1. The molecule has 0 atom stereocenters. The summed E-state index contributed by atoms with van der Waals surface area (Å²) in [6, 6.07) is 10.9. The van der Waals surface area contributed by atoms with E-state index >= 15 is 0 Å². The third kappa shape index (κ3) is 3.93. The molecule has 0 aliphatic carbocycles. The zero-order chi connectivity index (χ0) is 16.8. The fraction of sp³-hybridized carbons (Fsp3) is 0. The molecule has 0 spiro atoms. The van der Waals surface area contributed by atoms with E-state index in [4.69, 9.17) is 22.0 Å². The van der Waals surface area contributed by atoms with Gasteiger partial charge in [0.25, 0.3) is 5.91 Å². The normalized spacial score (nSPS) is 10.7. The summed E-state index contributed by atoms with van der Waals surface area (Å²) in [5.74, 6) is -1.92. The molecule has 1 aromatic heterocycles. The molecular weight excluding hydrogens is 318 g/mol. The number of hydrogen-bond acceptors (Lipinski definition) is 4. The van der Waals surface area contributed by atoms with E-state index in [-0.39, 0.29) is 22.0 Å². The Morgan fingerprint density at radius 2 is 2.00 bits per heavy atom. The summed E-state index contributed by atoms with van der Waals surface area (Å²) in [7, 11) is 0. The number of para-hydroxylation sites is 1. The van der Waals surface area contributed by atoms with Crippen LogP contribution < -0.4 is 5.32 Å². The smallest absolute Gasteiger partial charge is 0.337 e. The van der Waals surface area contributed by atoms with Gasteiger partial charge in [-0.3, -0.25) is 4.79 Å². The van der Waals surface area contributed by atoms with Crippen LogP contribution >= 0.6 is 11.6 Å². The molecule has 0 unspecified atom stereocenters. The second-order valence-electron chi connectivity index (χ2n) is 4.36. The Morgan fingerprint density at radius 3 is 2.65 bits per heavy atom. The Balaban J connectivity index is 2.31. The van der Waals surface area contributed by atoms with Crippen molar-refractivity contribution in [2.75, 3.05) is 5.32 Å². The summed E-state index contributed by atoms with van der Waals surface area (Å²) >= 11 is 5.88. The topological polar surface area (TPSA) is 103 Å². The molecule has 2 N–H and O–H groups in total. The van der Waals surface area contributed by atoms with Crippen molar-refractivity contribution in [2.45, 2.75) is 0 Å². The van der Waals surface area contributed by atoms with Crippen LogP contribution in [0.2, 0.25) is 5.15 Å².